The lowest BCUT2D eigenvalue weighted by Gasteiger charge is -1.92. The Balaban J connectivity index is 2.34. The van der Waals surface area contributed by atoms with E-state index >= 15 is 0 Å². The second kappa shape index (κ2) is 4.83. The highest BCUT2D eigenvalue weighted by molar-refractivity contribution is 9.11. The van der Waals surface area contributed by atoms with Crippen LogP contribution in [0.3, 0.4) is 0 Å². The summed E-state index contributed by atoms with van der Waals surface area (Å²) in [5.74, 6) is 0. The van der Waals surface area contributed by atoms with Crippen LogP contribution in [0.15, 0.2) is 28.2 Å². The highest BCUT2D eigenvalue weighted by Gasteiger charge is 2.10. The van der Waals surface area contributed by atoms with Gasteiger partial charge in [0.2, 0.25) is 0 Å². The van der Waals surface area contributed by atoms with Gasteiger partial charge >= 0.3 is 0 Å². The van der Waals surface area contributed by atoms with Gasteiger partial charge in [0.25, 0.3) is 0 Å². The molecule has 2 aromatic heterocycles. The summed E-state index contributed by atoms with van der Waals surface area (Å²) in [5, 5.41) is 0.936. The molecule has 0 aliphatic rings. The van der Waals surface area contributed by atoms with E-state index < -0.39 is 0 Å². The molecule has 0 aromatic carbocycles. The highest BCUT2D eigenvalue weighted by Crippen LogP contribution is 2.30. The van der Waals surface area contributed by atoms with E-state index in [1.54, 1.807) is 17.5 Å². The van der Waals surface area contributed by atoms with Gasteiger partial charge in [-0.25, -0.2) is 4.98 Å². The molecule has 0 radical (unpaired) electrons. The summed E-state index contributed by atoms with van der Waals surface area (Å²) in [4.78, 5) is 8.76. The lowest BCUT2D eigenvalue weighted by atomic mass is 10.3. The van der Waals surface area contributed by atoms with E-state index in [4.69, 9.17) is 5.73 Å². The van der Waals surface area contributed by atoms with Crippen molar-refractivity contribution >= 4 is 27.3 Å². The fourth-order valence-electron chi connectivity index (χ4n) is 1.22. The SMILES string of the molecule is NCCc1nc(-c2ccccn2)sc1Br. The Bertz CT molecular complexity index is 441. The van der Waals surface area contributed by atoms with E-state index in [1.165, 1.54) is 0 Å². The van der Waals surface area contributed by atoms with Gasteiger partial charge < -0.3 is 5.73 Å². The summed E-state index contributed by atoms with van der Waals surface area (Å²) in [5.41, 5.74) is 7.43. The molecule has 0 saturated heterocycles. The van der Waals surface area contributed by atoms with Gasteiger partial charge in [-0.05, 0) is 34.6 Å². The average Bonchev–Trinajstić information content (AvgIpc) is 2.63. The first-order valence-corrected chi connectivity index (χ1v) is 6.19. The first-order chi connectivity index (χ1) is 7.31. The lowest BCUT2D eigenvalue weighted by molar-refractivity contribution is 0.931. The van der Waals surface area contributed by atoms with E-state index in [0.717, 1.165) is 26.6 Å². The standard InChI is InChI=1S/C10H10BrN3S/c11-9-7(4-5-12)14-10(15-9)8-3-1-2-6-13-8/h1-3,6H,4-5,12H2. The van der Waals surface area contributed by atoms with Gasteiger partial charge in [0.15, 0.2) is 0 Å². The zero-order valence-corrected chi connectivity index (χ0v) is 10.4. The first-order valence-electron chi connectivity index (χ1n) is 4.58. The van der Waals surface area contributed by atoms with Gasteiger partial charge in [-0.1, -0.05) is 6.07 Å². The number of aromatic nitrogens is 2. The van der Waals surface area contributed by atoms with Crippen molar-refractivity contribution in [3.63, 3.8) is 0 Å². The third-order valence-electron chi connectivity index (χ3n) is 1.91. The number of hydrogen-bond donors (Lipinski definition) is 1. The summed E-state index contributed by atoms with van der Waals surface area (Å²) >= 11 is 5.08. The molecule has 0 aliphatic carbocycles. The maximum absolute atomic E-state index is 5.51. The van der Waals surface area contributed by atoms with Gasteiger partial charge in [-0.3, -0.25) is 4.98 Å². The number of hydrogen-bond acceptors (Lipinski definition) is 4. The number of thiazole rings is 1. The van der Waals surface area contributed by atoms with Crippen LogP contribution < -0.4 is 5.73 Å². The van der Waals surface area contributed by atoms with Crippen LogP contribution in [0.1, 0.15) is 5.69 Å². The normalized spacial score (nSPS) is 10.5. The van der Waals surface area contributed by atoms with E-state index in [-0.39, 0.29) is 0 Å². The molecule has 2 N–H and O–H groups in total. The molecule has 78 valence electrons. The van der Waals surface area contributed by atoms with E-state index in [2.05, 4.69) is 25.9 Å². The van der Waals surface area contributed by atoms with Gasteiger partial charge in [0.1, 0.15) is 5.01 Å². The van der Waals surface area contributed by atoms with Crippen molar-refractivity contribution in [2.75, 3.05) is 6.54 Å². The zero-order valence-electron chi connectivity index (χ0n) is 7.98. The maximum atomic E-state index is 5.51. The molecule has 2 heterocycles. The van der Waals surface area contributed by atoms with Crippen molar-refractivity contribution in [2.24, 2.45) is 5.73 Å². The topological polar surface area (TPSA) is 51.8 Å². The molecule has 0 bridgehead atoms. The smallest absolute Gasteiger partial charge is 0.143 e. The Morgan fingerprint density at radius 3 is 2.93 bits per heavy atom. The second-order valence-electron chi connectivity index (χ2n) is 2.99. The molecule has 0 amide bonds. The molecule has 2 aromatic rings. The first kappa shape index (κ1) is 10.7. The van der Waals surface area contributed by atoms with E-state index in [1.807, 2.05) is 18.2 Å². The minimum Gasteiger partial charge on any atom is -0.330 e. The predicted octanol–water partition coefficient (Wildman–Crippen LogP) is 2.47. The predicted molar refractivity (Wildman–Crippen MR) is 65.8 cm³/mol. The third-order valence-corrected chi connectivity index (χ3v) is 3.77. The van der Waals surface area contributed by atoms with Crippen LogP contribution in [0.4, 0.5) is 0 Å². The monoisotopic (exact) mass is 283 g/mol. The summed E-state index contributed by atoms with van der Waals surface area (Å²) in [6.07, 6.45) is 2.57. The van der Waals surface area contributed by atoms with Crippen molar-refractivity contribution in [1.82, 2.24) is 9.97 Å². The van der Waals surface area contributed by atoms with Crippen LogP contribution in [-0.2, 0) is 6.42 Å². The van der Waals surface area contributed by atoms with Crippen LogP contribution in [-0.4, -0.2) is 16.5 Å². The van der Waals surface area contributed by atoms with Crippen molar-refractivity contribution in [1.29, 1.82) is 0 Å². The van der Waals surface area contributed by atoms with Gasteiger partial charge in [0.05, 0.1) is 15.2 Å². The van der Waals surface area contributed by atoms with Crippen molar-refractivity contribution in [3.05, 3.63) is 33.9 Å². The van der Waals surface area contributed by atoms with Crippen LogP contribution >= 0.6 is 27.3 Å². The Hall–Kier alpha value is -0.780. The number of rotatable bonds is 3. The number of pyridine rings is 1. The summed E-state index contributed by atoms with van der Waals surface area (Å²) < 4.78 is 1.05. The van der Waals surface area contributed by atoms with Crippen LogP contribution in [0.5, 0.6) is 0 Å². The summed E-state index contributed by atoms with van der Waals surface area (Å²) in [7, 11) is 0. The average molecular weight is 284 g/mol. The van der Waals surface area contributed by atoms with E-state index in [0.29, 0.717) is 6.54 Å². The Kier molecular flexibility index (Phi) is 3.45. The van der Waals surface area contributed by atoms with E-state index in [9.17, 15) is 0 Å². The van der Waals surface area contributed by atoms with Gasteiger partial charge in [-0.2, -0.15) is 0 Å². The minimum absolute atomic E-state index is 0.615. The van der Waals surface area contributed by atoms with Crippen LogP contribution in [0, 0.1) is 0 Å². The van der Waals surface area contributed by atoms with Crippen molar-refractivity contribution in [3.8, 4) is 10.7 Å². The molecule has 0 unspecified atom stereocenters. The molecule has 15 heavy (non-hydrogen) atoms. The Labute approximate surface area is 101 Å². The van der Waals surface area contributed by atoms with Gasteiger partial charge in [-0.15, -0.1) is 11.3 Å². The Morgan fingerprint density at radius 1 is 1.40 bits per heavy atom. The zero-order chi connectivity index (χ0) is 10.7. The minimum atomic E-state index is 0.615. The molecule has 2 rings (SSSR count). The molecule has 3 nitrogen and oxygen atoms in total. The van der Waals surface area contributed by atoms with Gasteiger partial charge in [0, 0.05) is 12.6 Å². The molecule has 0 atom stereocenters. The Morgan fingerprint density at radius 2 is 2.27 bits per heavy atom. The number of nitrogens with two attached hydrogens (primary N) is 1. The lowest BCUT2D eigenvalue weighted by Crippen LogP contribution is -2.03. The van der Waals surface area contributed by atoms with Crippen LogP contribution in [0.25, 0.3) is 10.7 Å². The van der Waals surface area contributed by atoms with Crippen molar-refractivity contribution in [2.45, 2.75) is 6.42 Å². The molecule has 0 saturated carbocycles. The largest absolute Gasteiger partial charge is 0.330 e. The molecular formula is C10H10BrN3S. The number of nitrogens with zero attached hydrogens (tertiary/aromatic N) is 2. The quantitative estimate of drug-likeness (QED) is 0.942. The fraction of sp³-hybridized carbons (Fsp3) is 0.200. The van der Waals surface area contributed by atoms with Crippen LogP contribution in [0.2, 0.25) is 0 Å². The second-order valence-corrected chi connectivity index (χ2v) is 5.31. The fourth-order valence-corrected chi connectivity index (χ4v) is 2.79. The molecule has 5 heteroatoms. The summed E-state index contributed by atoms with van der Waals surface area (Å²) in [6.45, 7) is 0.615. The summed E-state index contributed by atoms with van der Waals surface area (Å²) in [6, 6.07) is 5.81. The molecule has 0 aliphatic heterocycles. The molecule has 0 spiro atoms. The molecule has 0 fully saturated rings. The van der Waals surface area contributed by atoms with Crippen molar-refractivity contribution < 1.29 is 0 Å². The highest BCUT2D eigenvalue weighted by atomic mass is 79.9. The molecular weight excluding hydrogens is 274 g/mol. The third kappa shape index (κ3) is 2.42. The number of halogens is 1. The maximum Gasteiger partial charge on any atom is 0.143 e.